The number of piperazine rings is 1. The number of tetrazole rings is 1. The van der Waals surface area contributed by atoms with Crippen molar-refractivity contribution in [3.05, 3.63) is 29.8 Å². The maximum Gasteiger partial charge on any atom is 0.253 e. The van der Waals surface area contributed by atoms with Crippen molar-refractivity contribution in [2.24, 2.45) is 0 Å². The zero-order valence-electron chi connectivity index (χ0n) is 13.8. The summed E-state index contributed by atoms with van der Waals surface area (Å²) in [6.45, 7) is 7.42. The SMILES string of the molecule is CC(C)n1nnnc1-c1cccc(C(=O)N2CCN(C)CC2)c1. The highest BCUT2D eigenvalue weighted by Gasteiger charge is 2.21. The minimum absolute atomic E-state index is 0.0727. The molecule has 2 aromatic rings. The molecule has 1 aliphatic heterocycles. The Morgan fingerprint density at radius 3 is 2.61 bits per heavy atom. The molecular formula is C16H22N6O. The molecule has 1 aromatic heterocycles. The average molecular weight is 314 g/mol. The van der Waals surface area contributed by atoms with E-state index in [2.05, 4.69) is 27.5 Å². The van der Waals surface area contributed by atoms with E-state index in [0.29, 0.717) is 11.4 Å². The minimum atomic E-state index is 0.0727. The lowest BCUT2D eigenvalue weighted by molar-refractivity contribution is 0.0664. The van der Waals surface area contributed by atoms with Crippen molar-refractivity contribution in [2.45, 2.75) is 19.9 Å². The van der Waals surface area contributed by atoms with Crippen LogP contribution >= 0.6 is 0 Å². The first-order valence-corrected chi connectivity index (χ1v) is 7.92. The van der Waals surface area contributed by atoms with Gasteiger partial charge >= 0.3 is 0 Å². The number of carbonyl (C=O) groups is 1. The highest BCUT2D eigenvalue weighted by molar-refractivity contribution is 5.95. The third-order valence-corrected chi connectivity index (χ3v) is 4.14. The lowest BCUT2D eigenvalue weighted by atomic mass is 10.1. The molecule has 3 rings (SSSR count). The molecular weight excluding hydrogens is 292 g/mol. The van der Waals surface area contributed by atoms with E-state index in [9.17, 15) is 4.79 Å². The number of likely N-dealkylation sites (N-methyl/N-ethyl adjacent to an activating group) is 1. The molecule has 0 atom stereocenters. The molecule has 0 bridgehead atoms. The molecule has 0 unspecified atom stereocenters. The van der Waals surface area contributed by atoms with E-state index in [4.69, 9.17) is 0 Å². The molecule has 1 aromatic carbocycles. The van der Waals surface area contributed by atoms with Crippen molar-refractivity contribution < 1.29 is 4.79 Å². The first kappa shape index (κ1) is 15.6. The molecule has 1 fully saturated rings. The molecule has 0 radical (unpaired) electrons. The van der Waals surface area contributed by atoms with Crippen LogP contribution in [0, 0.1) is 0 Å². The van der Waals surface area contributed by atoms with E-state index in [0.717, 1.165) is 31.7 Å². The minimum Gasteiger partial charge on any atom is -0.336 e. The molecule has 0 aliphatic carbocycles. The Hall–Kier alpha value is -2.28. The van der Waals surface area contributed by atoms with Crippen molar-refractivity contribution in [2.75, 3.05) is 33.2 Å². The van der Waals surface area contributed by atoms with Gasteiger partial charge in [-0.3, -0.25) is 4.79 Å². The predicted molar refractivity (Wildman–Crippen MR) is 87.0 cm³/mol. The maximum absolute atomic E-state index is 12.7. The fraction of sp³-hybridized carbons (Fsp3) is 0.500. The van der Waals surface area contributed by atoms with Gasteiger partial charge in [-0.15, -0.1) is 5.10 Å². The molecule has 23 heavy (non-hydrogen) atoms. The van der Waals surface area contributed by atoms with E-state index < -0.39 is 0 Å². The normalized spacial score (nSPS) is 16.1. The Morgan fingerprint density at radius 1 is 1.17 bits per heavy atom. The van der Waals surface area contributed by atoms with E-state index in [-0.39, 0.29) is 11.9 Å². The number of hydrogen-bond donors (Lipinski definition) is 0. The van der Waals surface area contributed by atoms with E-state index >= 15 is 0 Å². The molecule has 0 N–H and O–H groups in total. The monoisotopic (exact) mass is 314 g/mol. The summed E-state index contributed by atoms with van der Waals surface area (Å²) in [7, 11) is 2.08. The van der Waals surface area contributed by atoms with Gasteiger partial charge in [0.1, 0.15) is 0 Å². The molecule has 1 saturated heterocycles. The quantitative estimate of drug-likeness (QED) is 0.854. The molecule has 1 amide bonds. The number of nitrogens with zero attached hydrogens (tertiary/aromatic N) is 6. The van der Waals surface area contributed by atoms with Gasteiger partial charge in [-0.1, -0.05) is 12.1 Å². The van der Waals surface area contributed by atoms with Crippen molar-refractivity contribution in [3.8, 4) is 11.4 Å². The number of benzene rings is 1. The smallest absolute Gasteiger partial charge is 0.253 e. The second-order valence-electron chi connectivity index (χ2n) is 6.22. The van der Waals surface area contributed by atoms with Crippen LogP contribution in [-0.4, -0.2) is 69.1 Å². The highest BCUT2D eigenvalue weighted by atomic mass is 16.2. The first-order valence-electron chi connectivity index (χ1n) is 7.92. The molecule has 0 saturated carbocycles. The van der Waals surface area contributed by atoms with E-state index in [1.807, 2.05) is 43.0 Å². The largest absolute Gasteiger partial charge is 0.336 e. The zero-order valence-corrected chi connectivity index (χ0v) is 13.8. The van der Waals surface area contributed by atoms with Gasteiger partial charge in [-0.2, -0.15) is 0 Å². The van der Waals surface area contributed by atoms with Gasteiger partial charge in [0.05, 0.1) is 6.04 Å². The fourth-order valence-electron chi connectivity index (χ4n) is 2.71. The van der Waals surface area contributed by atoms with E-state index in [1.54, 1.807) is 4.68 Å². The molecule has 7 nitrogen and oxygen atoms in total. The Kier molecular flexibility index (Phi) is 4.38. The molecule has 7 heteroatoms. The summed E-state index contributed by atoms with van der Waals surface area (Å²) in [6, 6.07) is 7.72. The zero-order chi connectivity index (χ0) is 16.4. The molecule has 1 aliphatic rings. The standard InChI is InChI=1S/C16H22N6O/c1-12(2)22-15(17-18-19-22)13-5-4-6-14(11-13)16(23)21-9-7-20(3)8-10-21/h4-6,11-12H,7-10H2,1-3H3. The maximum atomic E-state index is 12.7. The van der Waals surface area contributed by atoms with Crippen LogP contribution in [0.2, 0.25) is 0 Å². The average Bonchev–Trinajstić information content (AvgIpc) is 3.05. The van der Waals surface area contributed by atoms with Gasteiger partial charge in [-0.05, 0) is 43.5 Å². The van der Waals surface area contributed by atoms with E-state index in [1.165, 1.54) is 0 Å². The summed E-state index contributed by atoms with van der Waals surface area (Å²) >= 11 is 0. The second-order valence-corrected chi connectivity index (χ2v) is 6.22. The van der Waals surface area contributed by atoms with Gasteiger partial charge in [0.2, 0.25) is 0 Å². The van der Waals surface area contributed by atoms with Crippen molar-refractivity contribution in [1.29, 1.82) is 0 Å². The fourth-order valence-corrected chi connectivity index (χ4v) is 2.71. The van der Waals surface area contributed by atoms with Crippen LogP contribution in [0.4, 0.5) is 0 Å². The second kappa shape index (κ2) is 6.45. The summed E-state index contributed by atoms with van der Waals surface area (Å²) in [5.74, 6) is 0.761. The third-order valence-electron chi connectivity index (χ3n) is 4.14. The van der Waals surface area contributed by atoms with Crippen molar-refractivity contribution in [3.63, 3.8) is 0 Å². The first-order chi connectivity index (χ1) is 11.1. The topological polar surface area (TPSA) is 67.2 Å². The van der Waals surface area contributed by atoms with Crippen LogP contribution in [0.1, 0.15) is 30.2 Å². The summed E-state index contributed by atoms with van der Waals surface area (Å²) in [5.41, 5.74) is 1.55. The Balaban J connectivity index is 1.85. The Bertz CT molecular complexity index is 687. The summed E-state index contributed by atoms with van der Waals surface area (Å²) in [5, 5.41) is 11.9. The van der Waals surface area contributed by atoms with Crippen molar-refractivity contribution >= 4 is 5.91 Å². The lowest BCUT2D eigenvalue weighted by Gasteiger charge is -2.32. The summed E-state index contributed by atoms with van der Waals surface area (Å²) < 4.78 is 1.76. The van der Waals surface area contributed by atoms with Crippen LogP contribution in [0.3, 0.4) is 0 Å². The summed E-state index contributed by atoms with van der Waals surface area (Å²) in [6.07, 6.45) is 0. The van der Waals surface area contributed by atoms with Crippen LogP contribution in [0.25, 0.3) is 11.4 Å². The van der Waals surface area contributed by atoms with Crippen molar-refractivity contribution in [1.82, 2.24) is 30.0 Å². The van der Waals surface area contributed by atoms with Gasteiger partial charge in [0.25, 0.3) is 5.91 Å². The lowest BCUT2D eigenvalue weighted by Crippen LogP contribution is -2.47. The Morgan fingerprint density at radius 2 is 1.91 bits per heavy atom. The number of amides is 1. The van der Waals surface area contributed by atoms with Gasteiger partial charge in [0, 0.05) is 37.3 Å². The van der Waals surface area contributed by atoms with Gasteiger partial charge < -0.3 is 9.80 Å². The molecule has 2 heterocycles. The van der Waals surface area contributed by atoms with Gasteiger partial charge in [-0.25, -0.2) is 4.68 Å². The number of aromatic nitrogens is 4. The molecule has 0 spiro atoms. The highest BCUT2D eigenvalue weighted by Crippen LogP contribution is 2.21. The van der Waals surface area contributed by atoms with Gasteiger partial charge in [0.15, 0.2) is 5.82 Å². The third kappa shape index (κ3) is 3.24. The summed E-state index contributed by atoms with van der Waals surface area (Å²) in [4.78, 5) is 16.8. The number of rotatable bonds is 3. The van der Waals surface area contributed by atoms with Crippen LogP contribution in [-0.2, 0) is 0 Å². The molecule has 122 valence electrons. The van der Waals surface area contributed by atoms with Crippen LogP contribution in [0.5, 0.6) is 0 Å². The number of carbonyl (C=O) groups excluding carboxylic acids is 1. The Labute approximate surface area is 135 Å². The van der Waals surface area contributed by atoms with Crippen LogP contribution < -0.4 is 0 Å². The van der Waals surface area contributed by atoms with Crippen LogP contribution in [0.15, 0.2) is 24.3 Å². The predicted octanol–water partition coefficient (Wildman–Crippen LogP) is 1.31. The number of hydrogen-bond acceptors (Lipinski definition) is 5.